The molecule has 3 aliphatic rings. The number of amides is 1. The third-order valence-electron chi connectivity index (χ3n) is 6.63. The van der Waals surface area contributed by atoms with Crippen molar-refractivity contribution >= 4 is 53.5 Å². The molecule has 3 heterocycles. The van der Waals surface area contributed by atoms with Crippen LogP contribution in [0.25, 0.3) is 0 Å². The lowest BCUT2D eigenvalue weighted by Crippen LogP contribution is -2.67. The molecule has 0 saturated carbocycles. The number of halogens is 1. The number of hydrogen-bond acceptors (Lipinski definition) is 16. The average Bonchev–Trinajstić information content (AvgIpc) is 3.18. The van der Waals surface area contributed by atoms with Gasteiger partial charge in [-0.1, -0.05) is 0 Å². The molecule has 17 nitrogen and oxygen atoms in total. The average molecular weight is 652 g/mol. The van der Waals surface area contributed by atoms with E-state index < -0.39 is 116 Å². The van der Waals surface area contributed by atoms with Gasteiger partial charge in [-0.05, 0) is 0 Å². The Kier molecular flexibility index (Phi) is 11.9. The lowest BCUT2D eigenvalue weighted by atomic mass is 9.92. The van der Waals surface area contributed by atoms with Gasteiger partial charge in [0.1, 0.15) is 37.6 Å². The predicted octanol–water partition coefficient (Wildman–Crippen LogP) is -0.528. The highest BCUT2D eigenvalue weighted by atomic mass is 35.5. The standard InChI is InChI=1S/C26H34ClNO16/c1-10(29)36-8-17-21(23(39-13(4)32)20-16(42-17)7-19(35)28(20)27)44-26-25(41-15(6)34)24(40-14(5)33)22(38-12(3)31)18(43-26)9-37-11(2)30/h16-18,20-26H,7-9H2,1-6H3/t16?,17-,18-,20+,21-,22-,23-,24+,25-,26-/m1/s1. The van der Waals surface area contributed by atoms with Crippen LogP contribution in [0.1, 0.15) is 48.0 Å². The van der Waals surface area contributed by atoms with Gasteiger partial charge < -0.3 is 42.6 Å². The summed E-state index contributed by atoms with van der Waals surface area (Å²) in [7, 11) is 0. The number of esters is 6. The number of fused-ring (bicyclic) bond motifs is 1. The van der Waals surface area contributed by atoms with Gasteiger partial charge in [-0.3, -0.25) is 33.6 Å². The minimum Gasteiger partial charge on any atom is -0.463 e. The summed E-state index contributed by atoms with van der Waals surface area (Å²) in [6, 6.07) is -1.07. The molecule has 3 rings (SSSR count). The first-order valence-corrected chi connectivity index (χ1v) is 13.8. The Bertz CT molecular complexity index is 1150. The van der Waals surface area contributed by atoms with Crippen LogP contribution in [0, 0.1) is 0 Å². The molecule has 0 bridgehead atoms. The fourth-order valence-corrected chi connectivity index (χ4v) is 5.46. The van der Waals surface area contributed by atoms with Crippen LogP contribution in [0.3, 0.4) is 0 Å². The molecule has 0 spiro atoms. The van der Waals surface area contributed by atoms with Crippen molar-refractivity contribution in [1.29, 1.82) is 0 Å². The van der Waals surface area contributed by atoms with Crippen molar-refractivity contribution in [3.05, 3.63) is 0 Å². The number of carbonyl (C=O) groups is 7. The molecule has 18 heteroatoms. The topological polar surface area (TPSA) is 206 Å². The Hall–Kier alpha value is -3.54. The zero-order valence-corrected chi connectivity index (χ0v) is 25.5. The van der Waals surface area contributed by atoms with Crippen molar-refractivity contribution in [1.82, 2.24) is 4.42 Å². The summed E-state index contributed by atoms with van der Waals surface area (Å²) < 4.78 is 51.0. The summed E-state index contributed by atoms with van der Waals surface area (Å²) in [5, 5.41) is 0. The van der Waals surface area contributed by atoms with E-state index in [0.29, 0.717) is 0 Å². The van der Waals surface area contributed by atoms with Gasteiger partial charge >= 0.3 is 35.8 Å². The monoisotopic (exact) mass is 651 g/mol. The maximum Gasteiger partial charge on any atom is 0.303 e. The maximum absolute atomic E-state index is 12.5. The summed E-state index contributed by atoms with van der Waals surface area (Å²) in [6.07, 6.45) is -12.8. The minimum atomic E-state index is -1.71. The Morgan fingerprint density at radius 1 is 0.659 bits per heavy atom. The predicted molar refractivity (Wildman–Crippen MR) is 139 cm³/mol. The fraction of sp³-hybridized carbons (Fsp3) is 0.731. The van der Waals surface area contributed by atoms with Gasteiger partial charge in [0.2, 0.25) is 5.91 Å². The fourth-order valence-electron chi connectivity index (χ4n) is 5.15. The van der Waals surface area contributed by atoms with E-state index in [1.54, 1.807) is 0 Å². The Morgan fingerprint density at radius 2 is 1.11 bits per heavy atom. The van der Waals surface area contributed by atoms with Crippen LogP contribution in [0.4, 0.5) is 0 Å². The second kappa shape index (κ2) is 15.0. The van der Waals surface area contributed by atoms with Crippen LogP contribution in [-0.2, 0) is 76.2 Å². The number of carbonyl (C=O) groups excluding carboxylic acids is 7. The summed E-state index contributed by atoms with van der Waals surface area (Å²) in [5.74, 6) is -5.33. The molecule has 0 aromatic carbocycles. The smallest absolute Gasteiger partial charge is 0.303 e. The first kappa shape index (κ1) is 34.9. The van der Waals surface area contributed by atoms with Crippen molar-refractivity contribution in [3.63, 3.8) is 0 Å². The summed E-state index contributed by atoms with van der Waals surface area (Å²) in [4.78, 5) is 84.4. The largest absolute Gasteiger partial charge is 0.463 e. The second-order valence-corrected chi connectivity index (χ2v) is 10.5. The van der Waals surface area contributed by atoms with E-state index in [1.807, 2.05) is 0 Å². The van der Waals surface area contributed by atoms with E-state index in [0.717, 1.165) is 46.0 Å². The molecule has 44 heavy (non-hydrogen) atoms. The lowest BCUT2D eigenvalue weighted by molar-refractivity contribution is -0.339. The minimum absolute atomic E-state index is 0.186. The van der Waals surface area contributed by atoms with E-state index in [2.05, 4.69) is 0 Å². The van der Waals surface area contributed by atoms with E-state index in [9.17, 15) is 33.6 Å². The molecule has 1 unspecified atom stereocenters. The van der Waals surface area contributed by atoms with Crippen molar-refractivity contribution < 1.29 is 76.2 Å². The Labute approximate surface area is 256 Å². The van der Waals surface area contributed by atoms with E-state index in [-0.39, 0.29) is 6.42 Å². The van der Waals surface area contributed by atoms with E-state index in [1.165, 1.54) is 0 Å². The molecule has 0 aliphatic carbocycles. The highest BCUT2D eigenvalue weighted by Gasteiger charge is 2.59. The molecular weight excluding hydrogens is 618 g/mol. The third-order valence-corrected chi connectivity index (χ3v) is 7.04. The Morgan fingerprint density at radius 3 is 1.61 bits per heavy atom. The molecule has 3 saturated heterocycles. The number of rotatable bonds is 10. The van der Waals surface area contributed by atoms with Crippen LogP contribution < -0.4 is 0 Å². The quantitative estimate of drug-likeness (QED) is 0.165. The molecule has 10 atom stereocenters. The zero-order chi connectivity index (χ0) is 32.9. The molecule has 3 fully saturated rings. The number of nitrogens with zero attached hydrogens (tertiary/aromatic N) is 1. The molecule has 3 aliphatic heterocycles. The molecule has 0 aromatic heterocycles. The molecule has 0 radical (unpaired) electrons. The zero-order valence-electron chi connectivity index (χ0n) is 24.8. The summed E-state index contributed by atoms with van der Waals surface area (Å²) >= 11 is 6.25. The first-order valence-electron chi connectivity index (χ1n) is 13.5. The van der Waals surface area contributed by atoms with Gasteiger partial charge in [-0.25, -0.2) is 4.42 Å². The lowest BCUT2D eigenvalue weighted by Gasteiger charge is -2.48. The van der Waals surface area contributed by atoms with Crippen molar-refractivity contribution in [2.45, 2.75) is 109 Å². The van der Waals surface area contributed by atoms with Gasteiger partial charge in [-0.2, -0.15) is 0 Å². The molecule has 246 valence electrons. The molecule has 1 amide bonds. The number of hydrogen-bond donors (Lipinski definition) is 0. The molecular formula is C26H34ClNO16. The highest BCUT2D eigenvalue weighted by Crippen LogP contribution is 2.39. The van der Waals surface area contributed by atoms with Crippen LogP contribution >= 0.6 is 11.8 Å². The normalized spacial score (nSPS) is 33.0. The van der Waals surface area contributed by atoms with Gasteiger partial charge in [0.25, 0.3) is 0 Å². The molecule has 0 N–H and O–H groups in total. The summed E-state index contributed by atoms with van der Waals surface area (Å²) in [5.41, 5.74) is 0. The van der Waals surface area contributed by atoms with E-state index >= 15 is 0 Å². The highest BCUT2D eigenvalue weighted by molar-refractivity contribution is 6.22. The van der Waals surface area contributed by atoms with Crippen molar-refractivity contribution in [3.8, 4) is 0 Å². The number of ether oxygens (including phenoxy) is 9. The van der Waals surface area contributed by atoms with Gasteiger partial charge in [0, 0.05) is 53.3 Å². The first-order chi connectivity index (χ1) is 20.6. The van der Waals surface area contributed by atoms with Crippen LogP contribution in [0.5, 0.6) is 0 Å². The second-order valence-electron chi connectivity index (χ2n) is 10.2. The maximum atomic E-state index is 12.5. The molecule has 0 aromatic rings. The van der Waals surface area contributed by atoms with Crippen LogP contribution in [0.2, 0.25) is 0 Å². The van der Waals surface area contributed by atoms with Gasteiger partial charge in [-0.15, -0.1) is 0 Å². The van der Waals surface area contributed by atoms with Crippen molar-refractivity contribution in [2.24, 2.45) is 0 Å². The summed E-state index contributed by atoms with van der Waals surface area (Å²) in [6.45, 7) is 5.55. The van der Waals surface area contributed by atoms with E-state index in [4.69, 9.17) is 54.4 Å². The van der Waals surface area contributed by atoms with Gasteiger partial charge in [0.05, 0.1) is 12.5 Å². The third kappa shape index (κ3) is 8.77. The van der Waals surface area contributed by atoms with Crippen LogP contribution in [0.15, 0.2) is 0 Å². The Balaban J connectivity index is 2.10. The van der Waals surface area contributed by atoms with Crippen molar-refractivity contribution in [2.75, 3.05) is 13.2 Å². The van der Waals surface area contributed by atoms with Crippen LogP contribution in [-0.4, -0.2) is 121 Å². The SMILES string of the molecule is CC(=O)OC[C@H]1O[C@H](O[C@H]2[C@H](OC(C)=O)[C@@H]3C(CC(=O)N3Cl)O[C@@H]2COC(C)=O)[C@H](OC(C)=O)[C@@H](OC(C)=O)[C@@H]1OC(C)=O. The van der Waals surface area contributed by atoms with Gasteiger partial charge in [0.15, 0.2) is 30.7 Å².